The first-order valence-corrected chi connectivity index (χ1v) is 7.66. The number of fused-ring (bicyclic) bond motifs is 1. The number of hydrogen-bond donors (Lipinski definition) is 1. The van der Waals surface area contributed by atoms with Crippen molar-refractivity contribution < 1.29 is 9.47 Å². The molecule has 3 nitrogen and oxygen atoms in total. The molecule has 0 aromatic heterocycles. The van der Waals surface area contributed by atoms with Crippen molar-refractivity contribution in [2.75, 3.05) is 7.11 Å². The minimum Gasteiger partial charge on any atom is -0.497 e. The first-order valence-electron chi connectivity index (χ1n) is 7.66. The Kier molecular flexibility index (Phi) is 3.41. The van der Waals surface area contributed by atoms with Crippen LogP contribution >= 0.6 is 0 Å². The standard InChI is InChI=1S/C17H25NO2/c1-11-6-7-17(12(2)8-11)10-15(18)14-5-4-13(19-3)9-16(14)20-17/h4-5,9,11-12,15H,6-8,10,18H2,1-3H3. The van der Waals surface area contributed by atoms with Crippen molar-refractivity contribution in [1.82, 2.24) is 0 Å². The molecule has 0 amide bonds. The molecular formula is C17H25NO2. The summed E-state index contributed by atoms with van der Waals surface area (Å²) >= 11 is 0. The van der Waals surface area contributed by atoms with Crippen molar-refractivity contribution in [2.24, 2.45) is 17.6 Å². The molecule has 2 N–H and O–H groups in total. The molecule has 20 heavy (non-hydrogen) atoms. The number of benzene rings is 1. The summed E-state index contributed by atoms with van der Waals surface area (Å²) in [6, 6.07) is 6.07. The molecule has 1 aliphatic heterocycles. The molecule has 1 fully saturated rings. The Bertz CT molecular complexity index is 502. The minimum absolute atomic E-state index is 0.0699. The van der Waals surface area contributed by atoms with Gasteiger partial charge in [0.05, 0.1) is 7.11 Å². The quantitative estimate of drug-likeness (QED) is 0.850. The fourth-order valence-electron chi connectivity index (χ4n) is 3.91. The molecule has 4 atom stereocenters. The normalized spacial score (nSPS) is 36.3. The van der Waals surface area contributed by atoms with Gasteiger partial charge in [-0.2, -0.15) is 0 Å². The largest absolute Gasteiger partial charge is 0.497 e. The molecule has 3 rings (SSSR count). The molecule has 0 saturated heterocycles. The van der Waals surface area contributed by atoms with Crippen molar-refractivity contribution in [2.45, 2.75) is 51.2 Å². The summed E-state index contributed by atoms with van der Waals surface area (Å²) in [7, 11) is 1.69. The Labute approximate surface area is 121 Å². The van der Waals surface area contributed by atoms with Gasteiger partial charge in [-0.05, 0) is 37.2 Å². The van der Waals surface area contributed by atoms with Crippen LogP contribution in [0.5, 0.6) is 11.5 Å². The number of methoxy groups -OCH3 is 1. The second-order valence-electron chi connectivity index (χ2n) is 6.66. The lowest BCUT2D eigenvalue weighted by Gasteiger charge is -2.49. The van der Waals surface area contributed by atoms with Gasteiger partial charge < -0.3 is 15.2 Å². The fraction of sp³-hybridized carbons (Fsp3) is 0.647. The molecule has 2 aliphatic rings. The van der Waals surface area contributed by atoms with E-state index in [2.05, 4.69) is 13.8 Å². The molecular weight excluding hydrogens is 250 g/mol. The van der Waals surface area contributed by atoms with Crippen molar-refractivity contribution in [1.29, 1.82) is 0 Å². The summed E-state index contributed by atoms with van der Waals surface area (Å²) in [6.45, 7) is 4.65. The van der Waals surface area contributed by atoms with E-state index in [1.54, 1.807) is 7.11 Å². The first-order chi connectivity index (χ1) is 9.54. The Morgan fingerprint density at radius 1 is 1.35 bits per heavy atom. The van der Waals surface area contributed by atoms with E-state index in [1.807, 2.05) is 18.2 Å². The fourth-order valence-corrected chi connectivity index (χ4v) is 3.91. The minimum atomic E-state index is -0.0781. The summed E-state index contributed by atoms with van der Waals surface area (Å²) in [5.41, 5.74) is 7.45. The molecule has 3 heteroatoms. The molecule has 0 radical (unpaired) electrons. The summed E-state index contributed by atoms with van der Waals surface area (Å²) in [6.07, 6.45) is 4.50. The van der Waals surface area contributed by atoms with Crippen molar-refractivity contribution in [3.63, 3.8) is 0 Å². The van der Waals surface area contributed by atoms with Gasteiger partial charge in [-0.15, -0.1) is 0 Å². The van der Waals surface area contributed by atoms with Crippen LogP contribution in [-0.2, 0) is 0 Å². The molecule has 4 unspecified atom stereocenters. The predicted molar refractivity (Wildman–Crippen MR) is 80.1 cm³/mol. The highest BCUT2D eigenvalue weighted by molar-refractivity contribution is 5.44. The number of rotatable bonds is 1. The lowest BCUT2D eigenvalue weighted by Crippen LogP contribution is -2.50. The smallest absolute Gasteiger partial charge is 0.128 e. The van der Waals surface area contributed by atoms with E-state index < -0.39 is 0 Å². The monoisotopic (exact) mass is 275 g/mol. The molecule has 1 heterocycles. The summed E-state index contributed by atoms with van der Waals surface area (Å²) in [5, 5.41) is 0. The molecule has 1 aromatic carbocycles. The van der Waals surface area contributed by atoms with E-state index in [4.69, 9.17) is 15.2 Å². The molecule has 1 spiro atoms. The Hall–Kier alpha value is -1.22. The average molecular weight is 275 g/mol. The van der Waals surface area contributed by atoms with Gasteiger partial charge in [-0.1, -0.05) is 19.9 Å². The zero-order chi connectivity index (χ0) is 14.3. The maximum absolute atomic E-state index is 6.47. The predicted octanol–water partition coefficient (Wildman–Crippen LogP) is 3.67. The van der Waals surface area contributed by atoms with Crippen LogP contribution < -0.4 is 15.2 Å². The second-order valence-corrected chi connectivity index (χ2v) is 6.66. The lowest BCUT2D eigenvalue weighted by molar-refractivity contribution is -0.0520. The molecule has 1 aromatic rings. The molecule has 0 bridgehead atoms. The first kappa shape index (κ1) is 13.7. The number of nitrogens with two attached hydrogens (primary N) is 1. The number of ether oxygens (including phenoxy) is 2. The molecule has 110 valence electrons. The van der Waals surface area contributed by atoms with Crippen LogP contribution in [0.3, 0.4) is 0 Å². The van der Waals surface area contributed by atoms with E-state index in [0.717, 1.165) is 35.8 Å². The van der Waals surface area contributed by atoms with E-state index in [1.165, 1.54) is 12.8 Å². The van der Waals surface area contributed by atoms with Crippen LogP contribution in [0.2, 0.25) is 0 Å². The van der Waals surface area contributed by atoms with Gasteiger partial charge in [0.25, 0.3) is 0 Å². The van der Waals surface area contributed by atoms with E-state index in [9.17, 15) is 0 Å². The Morgan fingerprint density at radius 3 is 2.85 bits per heavy atom. The number of hydrogen-bond acceptors (Lipinski definition) is 3. The van der Waals surface area contributed by atoms with Crippen LogP contribution in [0.25, 0.3) is 0 Å². The SMILES string of the molecule is COc1ccc2c(c1)OC1(CCC(C)CC1C)CC2N. The summed E-state index contributed by atoms with van der Waals surface area (Å²) in [4.78, 5) is 0. The third-order valence-electron chi connectivity index (χ3n) is 5.21. The maximum Gasteiger partial charge on any atom is 0.128 e. The van der Waals surface area contributed by atoms with E-state index >= 15 is 0 Å². The second kappa shape index (κ2) is 4.96. The highest BCUT2D eigenvalue weighted by Gasteiger charge is 2.46. The summed E-state index contributed by atoms with van der Waals surface area (Å²) < 4.78 is 11.8. The van der Waals surface area contributed by atoms with E-state index in [-0.39, 0.29) is 11.6 Å². The van der Waals surface area contributed by atoms with E-state index in [0.29, 0.717) is 5.92 Å². The highest BCUT2D eigenvalue weighted by atomic mass is 16.5. The van der Waals surface area contributed by atoms with Crippen molar-refractivity contribution >= 4 is 0 Å². The zero-order valence-corrected chi connectivity index (χ0v) is 12.7. The Balaban J connectivity index is 1.94. The van der Waals surface area contributed by atoms with Gasteiger partial charge in [-0.3, -0.25) is 0 Å². The maximum atomic E-state index is 6.47. The van der Waals surface area contributed by atoms with Crippen molar-refractivity contribution in [3.8, 4) is 11.5 Å². The van der Waals surface area contributed by atoms with Gasteiger partial charge in [-0.25, -0.2) is 0 Å². The van der Waals surface area contributed by atoms with Gasteiger partial charge in [0.2, 0.25) is 0 Å². The third kappa shape index (κ3) is 2.18. The Morgan fingerprint density at radius 2 is 2.15 bits per heavy atom. The van der Waals surface area contributed by atoms with Gasteiger partial charge >= 0.3 is 0 Å². The third-order valence-corrected chi connectivity index (χ3v) is 5.21. The van der Waals surface area contributed by atoms with Crippen LogP contribution in [0, 0.1) is 11.8 Å². The van der Waals surface area contributed by atoms with Crippen molar-refractivity contribution in [3.05, 3.63) is 23.8 Å². The molecule has 1 aliphatic carbocycles. The van der Waals surface area contributed by atoms with Gasteiger partial charge in [0.15, 0.2) is 0 Å². The topological polar surface area (TPSA) is 44.5 Å². The van der Waals surface area contributed by atoms with Gasteiger partial charge in [0, 0.05) is 24.1 Å². The molecule has 1 saturated carbocycles. The average Bonchev–Trinajstić information content (AvgIpc) is 2.43. The van der Waals surface area contributed by atoms with Gasteiger partial charge in [0.1, 0.15) is 17.1 Å². The highest BCUT2D eigenvalue weighted by Crippen LogP contribution is 2.49. The van der Waals surface area contributed by atoms with Crippen LogP contribution in [0.1, 0.15) is 51.1 Å². The lowest BCUT2D eigenvalue weighted by atomic mass is 9.68. The summed E-state index contributed by atoms with van der Waals surface area (Å²) in [5.74, 6) is 3.10. The zero-order valence-electron chi connectivity index (χ0n) is 12.7. The van der Waals surface area contributed by atoms with Crippen LogP contribution in [0.4, 0.5) is 0 Å². The van der Waals surface area contributed by atoms with Crippen LogP contribution in [-0.4, -0.2) is 12.7 Å². The van der Waals surface area contributed by atoms with Crippen LogP contribution in [0.15, 0.2) is 18.2 Å².